The topological polar surface area (TPSA) is 39.2 Å². The van der Waals surface area contributed by atoms with Crippen molar-refractivity contribution < 1.29 is 18.3 Å². The average Bonchev–Trinajstić information content (AvgIpc) is 2.28. The molecule has 17 heavy (non-hydrogen) atoms. The quantitative estimate of drug-likeness (QED) is 0.630. The minimum Gasteiger partial charge on any atom is -0.469 e. The van der Waals surface area contributed by atoms with Gasteiger partial charge in [0, 0.05) is 11.8 Å². The van der Waals surface area contributed by atoms with Crippen molar-refractivity contribution in [2.75, 3.05) is 7.11 Å². The molecule has 3 nitrogen and oxygen atoms in total. The van der Waals surface area contributed by atoms with Gasteiger partial charge in [0.2, 0.25) is 0 Å². The van der Waals surface area contributed by atoms with Crippen LogP contribution in [0.2, 0.25) is 5.02 Å². The van der Waals surface area contributed by atoms with Crippen LogP contribution in [0.15, 0.2) is 6.20 Å². The van der Waals surface area contributed by atoms with Crippen molar-refractivity contribution in [1.29, 1.82) is 0 Å². The van der Waals surface area contributed by atoms with Gasteiger partial charge in [0.1, 0.15) is 0 Å². The van der Waals surface area contributed by atoms with Gasteiger partial charge in [0.15, 0.2) is 0 Å². The summed E-state index contributed by atoms with van der Waals surface area (Å²) in [5, 5.41) is -0.198. The van der Waals surface area contributed by atoms with E-state index in [1.165, 1.54) is 13.3 Å². The third-order valence-corrected chi connectivity index (χ3v) is 2.79. The molecule has 0 radical (unpaired) electrons. The highest BCUT2D eigenvalue weighted by atomic mass is 35.5. The van der Waals surface area contributed by atoms with Gasteiger partial charge in [-0.3, -0.25) is 9.78 Å². The first-order chi connectivity index (χ1) is 8.01. The normalized spacial score (nSPS) is 10.7. The lowest BCUT2D eigenvalue weighted by Gasteiger charge is -2.11. The molecule has 1 heterocycles. The van der Waals surface area contributed by atoms with Crippen LogP contribution < -0.4 is 0 Å². The van der Waals surface area contributed by atoms with Gasteiger partial charge in [-0.15, -0.1) is 11.6 Å². The maximum absolute atomic E-state index is 12.9. The van der Waals surface area contributed by atoms with E-state index in [4.69, 9.17) is 23.2 Å². The number of hydrogen-bond donors (Lipinski definition) is 0. The molecule has 0 spiro atoms. The number of halogens is 4. The van der Waals surface area contributed by atoms with Gasteiger partial charge in [-0.25, -0.2) is 8.78 Å². The molecule has 0 aliphatic carbocycles. The van der Waals surface area contributed by atoms with E-state index in [9.17, 15) is 13.6 Å². The number of aromatic nitrogens is 1. The van der Waals surface area contributed by atoms with Crippen LogP contribution in [-0.2, 0) is 21.8 Å². The Morgan fingerprint density at radius 2 is 2.24 bits per heavy atom. The van der Waals surface area contributed by atoms with Crippen molar-refractivity contribution in [3.63, 3.8) is 0 Å². The number of rotatable bonds is 4. The van der Waals surface area contributed by atoms with Crippen LogP contribution in [0.25, 0.3) is 0 Å². The van der Waals surface area contributed by atoms with Crippen LogP contribution in [0.3, 0.4) is 0 Å². The molecule has 0 bridgehead atoms. The Bertz CT molecular complexity index is 427. The largest absolute Gasteiger partial charge is 0.469 e. The third-order valence-electron chi connectivity index (χ3n) is 2.12. The highest BCUT2D eigenvalue weighted by molar-refractivity contribution is 6.33. The number of esters is 1. The van der Waals surface area contributed by atoms with E-state index >= 15 is 0 Å². The molecule has 7 heteroatoms. The summed E-state index contributed by atoms with van der Waals surface area (Å²) in [6, 6.07) is 0. The Hall–Kier alpha value is -0.940. The molecule has 0 unspecified atom stereocenters. The number of hydrogen-bond acceptors (Lipinski definition) is 3. The monoisotopic (exact) mass is 283 g/mol. The predicted molar refractivity (Wildman–Crippen MR) is 59.5 cm³/mol. The number of nitrogens with zero attached hydrogens (tertiary/aromatic N) is 1. The summed E-state index contributed by atoms with van der Waals surface area (Å²) < 4.78 is 30.1. The number of carbonyl (C=O) groups excluding carboxylic acids is 1. The van der Waals surface area contributed by atoms with E-state index in [-0.39, 0.29) is 28.6 Å². The molecule has 0 fully saturated rings. The Morgan fingerprint density at radius 1 is 1.59 bits per heavy atom. The first-order valence-electron chi connectivity index (χ1n) is 4.58. The zero-order chi connectivity index (χ0) is 13.0. The zero-order valence-corrected chi connectivity index (χ0v) is 10.4. The molecule has 0 saturated heterocycles. The molecule has 94 valence electrons. The van der Waals surface area contributed by atoms with Crippen molar-refractivity contribution in [2.45, 2.75) is 18.7 Å². The number of carbonyl (C=O) groups is 1. The van der Waals surface area contributed by atoms with Crippen LogP contribution >= 0.6 is 23.2 Å². The fraction of sp³-hybridized carbons (Fsp3) is 0.400. The van der Waals surface area contributed by atoms with Gasteiger partial charge in [-0.2, -0.15) is 0 Å². The third kappa shape index (κ3) is 3.26. The molecule has 0 amide bonds. The van der Waals surface area contributed by atoms with Crippen LogP contribution in [0.4, 0.5) is 8.78 Å². The molecular weight excluding hydrogens is 275 g/mol. The molecule has 1 aromatic rings. The van der Waals surface area contributed by atoms with Crippen LogP contribution in [0.5, 0.6) is 0 Å². The molecule has 0 aliphatic heterocycles. The second kappa shape index (κ2) is 6.12. The lowest BCUT2D eigenvalue weighted by molar-refractivity contribution is -0.139. The predicted octanol–water partition coefficient (Wildman–Crippen LogP) is 3.13. The summed E-state index contributed by atoms with van der Waals surface area (Å²) in [4.78, 5) is 14.9. The molecule has 0 N–H and O–H groups in total. The van der Waals surface area contributed by atoms with Gasteiger partial charge in [-0.05, 0) is 5.56 Å². The van der Waals surface area contributed by atoms with Crippen molar-refractivity contribution in [1.82, 2.24) is 4.98 Å². The maximum Gasteiger partial charge on any atom is 0.310 e. The Morgan fingerprint density at radius 3 is 2.71 bits per heavy atom. The Labute approximate surface area is 107 Å². The van der Waals surface area contributed by atoms with Crippen LogP contribution in [0, 0.1) is 0 Å². The summed E-state index contributed by atoms with van der Waals surface area (Å²) >= 11 is 11.3. The van der Waals surface area contributed by atoms with Gasteiger partial charge in [-0.1, -0.05) is 11.6 Å². The first kappa shape index (κ1) is 14.1. The summed E-state index contributed by atoms with van der Waals surface area (Å²) in [5.41, 5.74) is -0.203. The molecule has 1 aromatic heterocycles. The second-order valence-electron chi connectivity index (χ2n) is 3.15. The maximum atomic E-state index is 12.9. The Kier molecular flexibility index (Phi) is 5.08. The smallest absolute Gasteiger partial charge is 0.310 e. The molecule has 1 rings (SSSR count). The highest BCUT2D eigenvalue weighted by Crippen LogP contribution is 2.32. The van der Waals surface area contributed by atoms with Gasteiger partial charge >= 0.3 is 5.97 Å². The number of ether oxygens (including phenoxy) is 1. The summed E-state index contributed by atoms with van der Waals surface area (Å²) in [6.45, 7) is 0. The SMILES string of the molecule is COC(=O)Cc1cnc(CCl)c(Cl)c1C(F)F. The number of pyridine rings is 1. The summed E-state index contributed by atoms with van der Waals surface area (Å²) in [5.74, 6) is -0.708. The van der Waals surface area contributed by atoms with Crippen molar-refractivity contribution >= 4 is 29.2 Å². The van der Waals surface area contributed by atoms with Crippen LogP contribution in [0.1, 0.15) is 23.2 Å². The highest BCUT2D eigenvalue weighted by Gasteiger charge is 2.22. The lowest BCUT2D eigenvalue weighted by Crippen LogP contribution is -2.09. The van der Waals surface area contributed by atoms with E-state index in [1.807, 2.05) is 0 Å². The van der Waals surface area contributed by atoms with E-state index in [2.05, 4.69) is 9.72 Å². The standard InChI is InChI=1S/C10H9Cl2F2NO2/c1-17-7(16)2-5-4-15-6(3-11)9(12)8(5)10(13)14/h4,10H,2-3H2,1H3. The van der Waals surface area contributed by atoms with Gasteiger partial charge in [0.05, 0.1) is 30.1 Å². The van der Waals surface area contributed by atoms with Crippen molar-refractivity contribution in [3.05, 3.63) is 28.0 Å². The van der Waals surface area contributed by atoms with Crippen molar-refractivity contribution in [3.8, 4) is 0 Å². The first-order valence-corrected chi connectivity index (χ1v) is 5.49. The summed E-state index contributed by atoms with van der Waals surface area (Å²) in [6.07, 6.45) is -1.93. The lowest BCUT2D eigenvalue weighted by atomic mass is 10.1. The van der Waals surface area contributed by atoms with E-state index in [1.54, 1.807) is 0 Å². The molecule has 0 aliphatic rings. The number of alkyl halides is 3. The molecule has 0 atom stereocenters. The van der Waals surface area contributed by atoms with Crippen molar-refractivity contribution in [2.24, 2.45) is 0 Å². The molecule has 0 aromatic carbocycles. The Balaban J connectivity index is 3.21. The minimum absolute atomic E-state index is 0.0470. The zero-order valence-electron chi connectivity index (χ0n) is 8.84. The van der Waals surface area contributed by atoms with E-state index < -0.39 is 18.0 Å². The molecule has 0 saturated carbocycles. The van der Waals surface area contributed by atoms with Crippen LogP contribution in [-0.4, -0.2) is 18.1 Å². The number of methoxy groups -OCH3 is 1. The fourth-order valence-electron chi connectivity index (χ4n) is 1.28. The summed E-state index contributed by atoms with van der Waals surface area (Å²) in [7, 11) is 1.17. The minimum atomic E-state index is -2.80. The fourth-order valence-corrected chi connectivity index (χ4v) is 1.87. The molecular formula is C10H9Cl2F2NO2. The van der Waals surface area contributed by atoms with E-state index in [0.717, 1.165) is 0 Å². The van der Waals surface area contributed by atoms with Gasteiger partial charge in [0.25, 0.3) is 6.43 Å². The van der Waals surface area contributed by atoms with E-state index in [0.29, 0.717) is 0 Å². The second-order valence-corrected chi connectivity index (χ2v) is 3.79. The van der Waals surface area contributed by atoms with Gasteiger partial charge < -0.3 is 4.74 Å². The average molecular weight is 284 g/mol.